The summed E-state index contributed by atoms with van der Waals surface area (Å²) in [5.74, 6) is 0.598. The van der Waals surface area contributed by atoms with Crippen molar-refractivity contribution < 1.29 is 23.7 Å². The maximum atomic E-state index is 13.3. The highest BCUT2D eigenvalue weighted by atomic mass is 16.8. The number of hydrogen-bond acceptors (Lipinski definition) is 5. The van der Waals surface area contributed by atoms with E-state index in [4.69, 9.17) is 18.9 Å². The zero-order chi connectivity index (χ0) is 19.2. The first-order valence-electron chi connectivity index (χ1n) is 11.5. The molecule has 5 nitrogen and oxygen atoms in total. The Kier molecular flexibility index (Phi) is 3.79. The minimum Gasteiger partial charge on any atom is -0.343 e. The molecule has 5 heteroatoms. The van der Waals surface area contributed by atoms with Crippen LogP contribution in [0.3, 0.4) is 0 Å². The molecular weight excluding hydrogens is 356 g/mol. The third-order valence-electron chi connectivity index (χ3n) is 9.94. The minimum absolute atomic E-state index is 0.160. The molecule has 156 valence electrons. The normalized spacial score (nSPS) is 58.1. The fourth-order valence-corrected chi connectivity index (χ4v) is 8.79. The fourth-order valence-electron chi connectivity index (χ4n) is 8.79. The van der Waals surface area contributed by atoms with Gasteiger partial charge in [0.1, 0.15) is 5.78 Å². The lowest BCUT2D eigenvalue weighted by atomic mass is 9.45. The first kappa shape index (κ1) is 18.3. The van der Waals surface area contributed by atoms with Gasteiger partial charge >= 0.3 is 0 Å². The average molecular weight is 391 g/mol. The van der Waals surface area contributed by atoms with Crippen molar-refractivity contribution in [2.45, 2.75) is 76.8 Å². The van der Waals surface area contributed by atoms with Gasteiger partial charge in [0.25, 0.3) is 0 Å². The van der Waals surface area contributed by atoms with E-state index in [1.165, 1.54) is 25.7 Å². The van der Waals surface area contributed by atoms with Crippen LogP contribution >= 0.6 is 0 Å². The number of carbonyl (C=O) groups is 1. The number of ether oxygens (including phenoxy) is 4. The van der Waals surface area contributed by atoms with E-state index in [0.717, 1.165) is 25.7 Å². The predicted molar refractivity (Wildman–Crippen MR) is 101 cm³/mol. The number of ketones is 1. The van der Waals surface area contributed by atoms with Crippen molar-refractivity contribution in [3.63, 3.8) is 0 Å². The van der Waals surface area contributed by atoms with Crippen LogP contribution in [-0.2, 0) is 23.7 Å². The number of carbonyl (C=O) groups excluding carboxylic acids is 1. The van der Waals surface area contributed by atoms with E-state index in [0.29, 0.717) is 50.0 Å². The Labute approximate surface area is 167 Å². The van der Waals surface area contributed by atoms with Crippen LogP contribution in [0.25, 0.3) is 0 Å². The van der Waals surface area contributed by atoms with Crippen molar-refractivity contribution in [3.05, 3.63) is 0 Å². The standard InChI is InChI=1S/C23H34O5/c1-20-7-4-3-5-17(20)19(24)13-15-16(20)6-8-21(2)18(15)14-22-23(21,27-11-9-25-22)28-12-10-26-22/h15-18H,3-14H2,1-2H3/t15-,16+,17?,18+,20-,21+,22?,23?/m1/s1. The van der Waals surface area contributed by atoms with Crippen LogP contribution in [-0.4, -0.2) is 43.8 Å². The highest BCUT2D eigenvalue weighted by Gasteiger charge is 2.79. The Morgan fingerprint density at radius 1 is 0.857 bits per heavy atom. The van der Waals surface area contributed by atoms with Crippen molar-refractivity contribution in [3.8, 4) is 0 Å². The lowest BCUT2D eigenvalue weighted by Crippen LogP contribution is -2.70. The van der Waals surface area contributed by atoms with Crippen LogP contribution in [0.4, 0.5) is 0 Å². The van der Waals surface area contributed by atoms with E-state index in [1.54, 1.807) is 0 Å². The molecule has 6 atom stereocenters. The molecule has 6 rings (SSSR count). The Hall–Kier alpha value is -0.490. The molecule has 0 amide bonds. The van der Waals surface area contributed by atoms with Gasteiger partial charge in [-0.2, -0.15) is 0 Å². The summed E-state index contributed by atoms with van der Waals surface area (Å²) in [5, 5.41) is 0. The van der Waals surface area contributed by atoms with E-state index in [-0.39, 0.29) is 16.7 Å². The van der Waals surface area contributed by atoms with Gasteiger partial charge < -0.3 is 18.9 Å². The second kappa shape index (κ2) is 5.81. The van der Waals surface area contributed by atoms with Crippen LogP contribution in [0.5, 0.6) is 0 Å². The third-order valence-corrected chi connectivity index (χ3v) is 9.94. The van der Waals surface area contributed by atoms with Crippen molar-refractivity contribution in [2.24, 2.45) is 34.5 Å². The van der Waals surface area contributed by atoms with Gasteiger partial charge in [0, 0.05) is 24.2 Å². The van der Waals surface area contributed by atoms with E-state index in [9.17, 15) is 4.79 Å². The van der Waals surface area contributed by atoms with Crippen LogP contribution < -0.4 is 0 Å². The SMILES string of the molecule is C[C@]12CCCCC1C(=O)C[C@@H]1[C@@H]2CC[C@@]2(C)[C@H]1CC13OCCOC12OCCO3. The van der Waals surface area contributed by atoms with E-state index < -0.39 is 11.6 Å². The highest BCUT2D eigenvalue weighted by Crippen LogP contribution is 2.72. The monoisotopic (exact) mass is 390 g/mol. The van der Waals surface area contributed by atoms with Crippen LogP contribution in [0.15, 0.2) is 0 Å². The lowest BCUT2D eigenvalue weighted by molar-refractivity contribution is -0.474. The van der Waals surface area contributed by atoms with Gasteiger partial charge in [0.05, 0.1) is 26.4 Å². The molecule has 28 heavy (non-hydrogen) atoms. The summed E-state index contributed by atoms with van der Waals surface area (Å²) in [4.78, 5) is 13.3. The van der Waals surface area contributed by atoms with Gasteiger partial charge in [-0.1, -0.05) is 26.7 Å². The molecule has 2 heterocycles. The Morgan fingerprint density at radius 2 is 1.57 bits per heavy atom. The van der Waals surface area contributed by atoms with Crippen LogP contribution in [0.2, 0.25) is 0 Å². The zero-order valence-corrected chi connectivity index (χ0v) is 17.3. The second-order valence-electron chi connectivity index (χ2n) is 10.8. The topological polar surface area (TPSA) is 54.0 Å². The highest BCUT2D eigenvalue weighted by molar-refractivity contribution is 5.83. The van der Waals surface area contributed by atoms with Crippen molar-refractivity contribution in [1.29, 1.82) is 0 Å². The third kappa shape index (κ3) is 1.96. The summed E-state index contributed by atoms with van der Waals surface area (Å²) in [7, 11) is 0. The van der Waals surface area contributed by atoms with Gasteiger partial charge in [0.2, 0.25) is 11.6 Å². The summed E-state index contributed by atoms with van der Waals surface area (Å²) >= 11 is 0. The largest absolute Gasteiger partial charge is 0.343 e. The Bertz CT molecular complexity index is 678. The summed E-state index contributed by atoms with van der Waals surface area (Å²) in [5.41, 5.74) is 0.0183. The lowest BCUT2D eigenvalue weighted by Gasteiger charge is -2.61. The average Bonchev–Trinajstić information content (AvgIpc) is 2.95. The molecule has 6 fully saturated rings. The molecule has 0 aromatic carbocycles. The fraction of sp³-hybridized carbons (Fsp3) is 0.957. The molecule has 0 spiro atoms. The maximum Gasteiger partial charge on any atom is 0.229 e. The molecule has 1 unspecified atom stereocenters. The van der Waals surface area contributed by atoms with Crippen molar-refractivity contribution in [2.75, 3.05) is 26.4 Å². The summed E-state index contributed by atoms with van der Waals surface area (Å²) in [6, 6.07) is 0. The predicted octanol–water partition coefficient (Wildman–Crippen LogP) is 3.69. The van der Waals surface area contributed by atoms with Gasteiger partial charge in [-0.05, 0) is 48.9 Å². The van der Waals surface area contributed by atoms with Gasteiger partial charge in [-0.3, -0.25) is 4.79 Å². The molecule has 0 aromatic heterocycles. The molecule has 4 aliphatic carbocycles. The van der Waals surface area contributed by atoms with Crippen molar-refractivity contribution in [1.82, 2.24) is 0 Å². The summed E-state index contributed by atoms with van der Waals surface area (Å²) in [6.07, 6.45) is 8.59. The smallest absolute Gasteiger partial charge is 0.229 e. The molecule has 4 saturated carbocycles. The number of rotatable bonds is 0. The first-order valence-corrected chi connectivity index (χ1v) is 11.5. The molecular formula is C23H34O5. The van der Waals surface area contributed by atoms with Gasteiger partial charge in [-0.25, -0.2) is 0 Å². The van der Waals surface area contributed by atoms with E-state index >= 15 is 0 Å². The van der Waals surface area contributed by atoms with Gasteiger partial charge in [0.15, 0.2) is 0 Å². The molecule has 2 aliphatic heterocycles. The molecule has 6 aliphatic rings. The second-order valence-corrected chi connectivity index (χ2v) is 10.8. The first-order chi connectivity index (χ1) is 13.5. The van der Waals surface area contributed by atoms with Gasteiger partial charge in [-0.15, -0.1) is 0 Å². The molecule has 2 saturated heterocycles. The zero-order valence-electron chi connectivity index (χ0n) is 17.3. The van der Waals surface area contributed by atoms with Crippen LogP contribution in [0.1, 0.15) is 65.2 Å². The van der Waals surface area contributed by atoms with E-state index in [1.807, 2.05) is 0 Å². The quantitative estimate of drug-likeness (QED) is 0.631. The number of fused-ring (bicyclic) bond motifs is 5. The maximum absolute atomic E-state index is 13.3. The molecule has 0 N–H and O–H groups in total. The molecule has 0 radical (unpaired) electrons. The van der Waals surface area contributed by atoms with Crippen molar-refractivity contribution >= 4 is 5.78 Å². The molecule has 0 bridgehead atoms. The Balaban J connectivity index is 1.43. The number of Topliss-reactive ketones (excluding diaryl/α,β-unsaturated/α-hetero) is 1. The number of hydrogen-bond donors (Lipinski definition) is 0. The summed E-state index contributed by atoms with van der Waals surface area (Å²) in [6.45, 7) is 6.99. The molecule has 0 aromatic rings. The van der Waals surface area contributed by atoms with E-state index in [2.05, 4.69) is 13.8 Å². The van der Waals surface area contributed by atoms with Crippen LogP contribution in [0, 0.1) is 34.5 Å². The summed E-state index contributed by atoms with van der Waals surface area (Å²) < 4.78 is 25.5. The minimum atomic E-state index is -0.806. The Morgan fingerprint density at radius 3 is 2.32 bits per heavy atom.